The zero-order valence-electron chi connectivity index (χ0n) is 7.03. The second kappa shape index (κ2) is 4.05. The summed E-state index contributed by atoms with van der Waals surface area (Å²) in [5, 5.41) is 2.10. The first kappa shape index (κ1) is 8.95. The lowest BCUT2D eigenvalue weighted by Crippen LogP contribution is -2.01. The number of nitrogens with zero attached hydrogens (tertiary/aromatic N) is 2. The lowest BCUT2D eigenvalue weighted by atomic mass is 10.2. The number of nitrogens with one attached hydrogen (secondary N) is 1. The predicted octanol–water partition coefficient (Wildman–Crippen LogP) is 0.445. The first-order valence-corrected chi connectivity index (χ1v) is 5.47. The number of rotatable bonds is 3. The van der Waals surface area contributed by atoms with Crippen LogP contribution in [0.3, 0.4) is 0 Å². The van der Waals surface area contributed by atoms with Crippen molar-refractivity contribution in [3.63, 3.8) is 0 Å². The molecule has 1 N–H and O–H groups in total. The molecule has 5 heteroatoms. The number of hydrogen-bond donors (Lipinski definition) is 1. The van der Waals surface area contributed by atoms with Crippen molar-refractivity contribution < 1.29 is 0 Å². The third kappa shape index (κ3) is 2.41. The second-order valence-corrected chi connectivity index (χ2v) is 4.61. The Balaban J connectivity index is 1.93. The average Bonchev–Trinajstić information content (AvgIpc) is 2.71. The Kier molecular flexibility index (Phi) is 2.79. The van der Waals surface area contributed by atoms with Gasteiger partial charge in [-0.2, -0.15) is 0 Å². The van der Waals surface area contributed by atoms with Crippen molar-refractivity contribution in [2.75, 3.05) is 0 Å². The molecule has 0 spiro atoms. The Morgan fingerprint density at radius 1 is 1.46 bits per heavy atom. The predicted molar refractivity (Wildman–Crippen MR) is 53.5 cm³/mol. The standard InChI is InChI=1S/C8H8N3S.Al/c1(7-3-9-5-10-7)2-8-4-12-6-11-8;/h3-5H,1-2H2,(H,9,10);. The van der Waals surface area contributed by atoms with E-state index >= 15 is 0 Å². The molecule has 0 aliphatic heterocycles. The van der Waals surface area contributed by atoms with Gasteiger partial charge >= 0.3 is 0 Å². The van der Waals surface area contributed by atoms with Gasteiger partial charge in [-0.1, -0.05) is 0 Å². The van der Waals surface area contributed by atoms with E-state index in [1.165, 1.54) is 5.69 Å². The minimum atomic E-state index is 0.979. The molecule has 2 rings (SSSR count). The normalized spacial score (nSPS) is 10.5. The molecule has 2 heterocycles. The zero-order chi connectivity index (χ0) is 9.10. The van der Waals surface area contributed by atoms with E-state index in [1.807, 2.05) is 6.20 Å². The first-order valence-electron chi connectivity index (χ1n) is 4.02. The van der Waals surface area contributed by atoms with E-state index in [0.29, 0.717) is 0 Å². The highest BCUT2D eigenvalue weighted by atomic mass is 32.1. The maximum atomic E-state index is 4.36. The van der Waals surface area contributed by atoms with Gasteiger partial charge in [0.25, 0.3) is 0 Å². The SMILES string of the molecule is [Al][c]1nc(CCc2cnc[nH]2)cs1. The third-order valence-electron chi connectivity index (χ3n) is 1.77. The molecule has 0 bridgehead atoms. The van der Waals surface area contributed by atoms with Gasteiger partial charge in [-0.3, -0.25) is 4.98 Å². The largest absolute Gasteiger partial charge is 0.348 e. The molecular weight excluding hydrogens is 197 g/mol. The van der Waals surface area contributed by atoms with Gasteiger partial charge in [-0.05, 0) is 16.7 Å². The van der Waals surface area contributed by atoms with Crippen molar-refractivity contribution in [2.24, 2.45) is 0 Å². The topological polar surface area (TPSA) is 41.6 Å². The van der Waals surface area contributed by atoms with Crippen LogP contribution >= 0.6 is 11.3 Å². The van der Waals surface area contributed by atoms with Crippen LogP contribution in [-0.2, 0) is 12.8 Å². The lowest BCUT2D eigenvalue weighted by Gasteiger charge is -1.93. The first-order chi connectivity index (χ1) is 6.34. The van der Waals surface area contributed by atoms with Crippen LogP contribution in [-0.4, -0.2) is 31.2 Å². The number of hydrogen-bond acceptors (Lipinski definition) is 3. The van der Waals surface area contributed by atoms with E-state index in [4.69, 9.17) is 0 Å². The van der Waals surface area contributed by atoms with E-state index in [-0.39, 0.29) is 0 Å². The van der Waals surface area contributed by atoms with Gasteiger partial charge in [0.2, 0.25) is 16.3 Å². The molecule has 0 atom stereocenters. The van der Waals surface area contributed by atoms with Crippen LogP contribution in [0.5, 0.6) is 0 Å². The molecule has 0 saturated heterocycles. The molecular formula is C8H8AlN3S. The van der Waals surface area contributed by atoms with Crippen molar-refractivity contribution in [3.05, 3.63) is 29.3 Å². The van der Waals surface area contributed by atoms with Gasteiger partial charge < -0.3 is 4.98 Å². The van der Waals surface area contributed by atoms with Gasteiger partial charge in [0, 0.05) is 23.0 Å². The number of aryl methyl sites for hydroxylation is 2. The number of aromatic amines is 1. The average molecular weight is 205 g/mol. The Labute approximate surface area is 88.7 Å². The molecule has 2 aromatic rings. The van der Waals surface area contributed by atoms with Gasteiger partial charge in [0.1, 0.15) is 0 Å². The van der Waals surface area contributed by atoms with Gasteiger partial charge in [0.05, 0.1) is 6.33 Å². The fourth-order valence-electron chi connectivity index (χ4n) is 1.12. The lowest BCUT2D eigenvalue weighted by molar-refractivity contribution is 0.901. The van der Waals surface area contributed by atoms with E-state index in [9.17, 15) is 0 Å². The maximum Gasteiger partial charge on any atom is 0.228 e. The van der Waals surface area contributed by atoms with Crippen LogP contribution in [0.2, 0.25) is 0 Å². The van der Waals surface area contributed by atoms with Crippen molar-refractivity contribution in [3.8, 4) is 0 Å². The Morgan fingerprint density at radius 2 is 2.38 bits per heavy atom. The molecule has 0 fully saturated rings. The zero-order valence-corrected chi connectivity index (χ0v) is 9.00. The summed E-state index contributed by atoms with van der Waals surface area (Å²) in [6, 6.07) is 0. The van der Waals surface area contributed by atoms with Crippen molar-refractivity contribution in [1.29, 1.82) is 0 Å². The highest BCUT2D eigenvalue weighted by molar-refractivity contribution is 7.17. The molecule has 2 aromatic heterocycles. The van der Waals surface area contributed by atoms with Crippen molar-refractivity contribution >= 4 is 31.5 Å². The molecule has 64 valence electrons. The van der Waals surface area contributed by atoms with Crippen LogP contribution in [0.15, 0.2) is 17.9 Å². The van der Waals surface area contributed by atoms with Crippen molar-refractivity contribution in [1.82, 2.24) is 15.0 Å². The minimum Gasteiger partial charge on any atom is -0.348 e. The van der Waals surface area contributed by atoms with E-state index in [0.717, 1.165) is 22.4 Å². The quantitative estimate of drug-likeness (QED) is 0.739. The maximum absolute atomic E-state index is 4.36. The summed E-state index contributed by atoms with van der Waals surface area (Å²) in [7, 11) is 0. The number of imidazole rings is 1. The summed E-state index contributed by atoms with van der Waals surface area (Å²) < 4.78 is 1.06. The molecule has 3 nitrogen and oxygen atoms in total. The fraction of sp³-hybridized carbons (Fsp3) is 0.250. The minimum absolute atomic E-state index is 0.979. The fourth-order valence-corrected chi connectivity index (χ4v) is 2.09. The van der Waals surface area contributed by atoms with Gasteiger partial charge in [0.15, 0.2) is 0 Å². The highest BCUT2D eigenvalue weighted by Gasteiger charge is 1.99. The molecule has 0 saturated carbocycles. The Morgan fingerprint density at radius 3 is 3.00 bits per heavy atom. The molecule has 0 aliphatic carbocycles. The summed E-state index contributed by atoms with van der Waals surface area (Å²) in [4.78, 5) is 11.4. The van der Waals surface area contributed by atoms with E-state index < -0.39 is 0 Å². The Hall–Kier alpha value is -0.628. The number of H-pyrrole nitrogens is 1. The Bertz CT molecular complexity index is 368. The van der Waals surface area contributed by atoms with Crippen LogP contribution < -0.4 is 3.87 Å². The summed E-state index contributed by atoms with van der Waals surface area (Å²) in [6.45, 7) is 0. The van der Waals surface area contributed by atoms with E-state index in [2.05, 4.69) is 36.6 Å². The molecule has 0 unspecified atom stereocenters. The molecule has 2 radical (unpaired) electrons. The molecule has 0 aromatic carbocycles. The van der Waals surface area contributed by atoms with Gasteiger partial charge in [-0.15, -0.1) is 11.3 Å². The smallest absolute Gasteiger partial charge is 0.228 e. The van der Waals surface area contributed by atoms with Crippen LogP contribution in [0.25, 0.3) is 0 Å². The third-order valence-corrected chi connectivity index (χ3v) is 3.03. The summed E-state index contributed by atoms with van der Waals surface area (Å²) in [5.74, 6) is 0. The monoisotopic (exact) mass is 205 g/mol. The molecule has 0 amide bonds. The van der Waals surface area contributed by atoms with E-state index in [1.54, 1.807) is 17.7 Å². The second-order valence-electron chi connectivity index (χ2n) is 2.75. The summed E-state index contributed by atoms with van der Waals surface area (Å²) >= 11 is 4.28. The summed E-state index contributed by atoms with van der Waals surface area (Å²) in [5.41, 5.74) is 2.32. The molecule has 0 aliphatic rings. The van der Waals surface area contributed by atoms with Crippen molar-refractivity contribution in [2.45, 2.75) is 12.8 Å². The number of aromatic nitrogens is 3. The van der Waals surface area contributed by atoms with Crippen LogP contribution in [0.1, 0.15) is 11.4 Å². The highest BCUT2D eigenvalue weighted by Crippen LogP contribution is 2.03. The van der Waals surface area contributed by atoms with Gasteiger partial charge in [-0.25, -0.2) is 4.98 Å². The summed E-state index contributed by atoms with van der Waals surface area (Å²) in [6.07, 6.45) is 5.52. The number of thiazole rings is 1. The van der Waals surface area contributed by atoms with Crippen LogP contribution in [0.4, 0.5) is 0 Å². The van der Waals surface area contributed by atoms with Crippen LogP contribution in [0, 0.1) is 0 Å². The molecule has 13 heavy (non-hydrogen) atoms.